The number of alkyl halides is 3. The zero-order chi connectivity index (χ0) is 25.3. The third-order valence-corrected chi connectivity index (χ3v) is 6.32. The Bertz CT molecular complexity index is 1450. The van der Waals surface area contributed by atoms with Crippen molar-refractivity contribution in [3.8, 4) is 22.6 Å². The summed E-state index contributed by atoms with van der Waals surface area (Å²) in [6.45, 7) is 1.30. The van der Waals surface area contributed by atoms with Crippen LogP contribution in [0.3, 0.4) is 0 Å². The molecule has 4 aromatic rings. The Balaban J connectivity index is 1.55. The maximum absolute atomic E-state index is 14.2. The first-order chi connectivity index (χ1) is 17.4. The van der Waals surface area contributed by atoms with Crippen LogP contribution in [-0.4, -0.2) is 25.3 Å². The van der Waals surface area contributed by atoms with Gasteiger partial charge >= 0.3 is 6.18 Å². The summed E-state index contributed by atoms with van der Waals surface area (Å²) in [5, 5.41) is 0.0670. The summed E-state index contributed by atoms with van der Waals surface area (Å²) >= 11 is 0. The lowest BCUT2D eigenvalue weighted by Gasteiger charge is -2.29. The van der Waals surface area contributed by atoms with Crippen molar-refractivity contribution in [3.63, 3.8) is 0 Å². The first-order valence-corrected chi connectivity index (χ1v) is 11.6. The zero-order valence-corrected chi connectivity index (χ0v) is 19.6. The van der Waals surface area contributed by atoms with Gasteiger partial charge in [0.1, 0.15) is 23.8 Å². The fourth-order valence-electron chi connectivity index (χ4n) is 4.60. The molecule has 1 aliphatic rings. The zero-order valence-electron chi connectivity index (χ0n) is 19.6. The summed E-state index contributed by atoms with van der Waals surface area (Å²) < 4.78 is 59.2. The van der Waals surface area contributed by atoms with Crippen molar-refractivity contribution in [2.24, 2.45) is 0 Å². The summed E-state index contributed by atoms with van der Waals surface area (Å²) in [4.78, 5) is 15.5. The van der Waals surface area contributed by atoms with Gasteiger partial charge in [0.05, 0.1) is 23.6 Å². The van der Waals surface area contributed by atoms with Gasteiger partial charge < -0.3 is 13.9 Å². The van der Waals surface area contributed by atoms with Crippen LogP contribution in [0.15, 0.2) is 75.9 Å². The first-order valence-electron chi connectivity index (χ1n) is 11.6. The molecule has 0 fully saturated rings. The number of hydrogen-bond donors (Lipinski definition) is 0. The molecule has 0 amide bonds. The maximum Gasteiger partial charge on any atom is 0.450 e. The van der Waals surface area contributed by atoms with Gasteiger partial charge in [0.25, 0.3) is 0 Å². The molecule has 0 aliphatic carbocycles. The summed E-state index contributed by atoms with van der Waals surface area (Å²) in [6.07, 6.45) is -3.17. The monoisotopic (exact) mass is 495 g/mol. The second-order valence-corrected chi connectivity index (χ2v) is 8.67. The minimum Gasteiger partial charge on any atom is -0.496 e. The topological polar surface area (TPSA) is 51.9 Å². The van der Waals surface area contributed by atoms with E-state index in [9.17, 15) is 18.0 Å². The van der Waals surface area contributed by atoms with E-state index in [2.05, 4.69) is 12.1 Å². The van der Waals surface area contributed by atoms with Gasteiger partial charge in [-0.05, 0) is 36.6 Å². The number of rotatable bonds is 6. The van der Waals surface area contributed by atoms with Crippen LogP contribution < -0.4 is 14.9 Å². The van der Waals surface area contributed by atoms with Crippen LogP contribution in [0.5, 0.6) is 11.5 Å². The number of fused-ring (bicyclic) bond motifs is 3. The second kappa shape index (κ2) is 9.70. The molecule has 0 spiro atoms. The van der Waals surface area contributed by atoms with E-state index >= 15 is 0 Å². The molecule has 1 aromatic heterocycles. The molecule has 0 saturated carbocycles. The highest BCUT2D eigenvalue weighted by Gasteiger charge is 2.40. The third kappa shape index (κ3) is 4.56. The second-order valence-electron chi connectivity index (χ2n) is 8.67. The highest BCUT2D eigenvalue weighted by molar-refractivity contribution is 5.88. The van der Waals surface area contributed by atoms with E-state index in [4.69, 9.17) is 13.9 Å². The summed E-state index contributed by atoms with van der Waals surface area (Å²) in [5.74, 6) is -0.775. The Morgan fingerprint density at radius 2 is 1.75 bits per heavy atom. The molecule has 0 bridgehead atoms. The van der Waals surface area contributed by atoms with Crippen LogP contribution in [0, 0.1) is 0 Å². The molecule has 2 heterocycles. The van der Waals surface area contributed by atoms with Crippen molar-refractivity contribution in [3.05, 3.63) is 93.8 Å². The first kappa shape index (κ1) is 23.9. The molecule has 0 N–H and O–H groups in total. The third-order valence-electron chi connectivity index (χ3n) is 6.32. The van der Waals surface area contributed by atoms with Crippen LogP contribution in [0.25, 0.3) is 22.1 Å². The average molecular weight is 495 g/mol. The maximum atomic E-state index is 14.2. The lowest BCUT2D eigenvalue weighted by Crippen LogP contribution is -2.33. The van der Waals surface area contributed by atoms with Crippen molar-refractivity contribution in [1.82, 2.24) is 4.90 Å². The molecule has 5 rings (SSSR count). The van der Waals surface area contributed by atoms with E-state index in [-0.39, 0.29) is 22.3 Å². The van der Waals surface area contributed by atoms with E-state index in [1.54, 1.807) is 18.2 Å². The molecule has 0 saturated heterocycles. The lowest BCUT2D eigenvalue weighted by atomic mass is 9.99. The Kier molecular flexibility index (Phi) is 6.45. The number of methoxy groups -OCH3 is 1. The normalized spacial score (nSPS) is 13.9. The number of para-hydroxylation sites is 1. The van der Waals surface area contributed by atoms with Gasteiger partial charge in [-0.3, -0.25) is 9.69 Å². The molecule has 3 aromatic carbocycles. The van der Waals surface area contributed by atoms with Crippen LogP contribution in [-0.2, 0) is 19.1 Å². The number of hydrogen-bond acceptors (Lipinski definition) is 5. The minimum absolute atomic E-state index is 0.0273. The van der Waals surface area contributed by atoms with E-state index in [1.165, 1.54) is 30.9 Å². The number of benzene rings is 3. The van der Waals surface area contributed by atoms with Gasteiger partial charge in [-0.15, -0.1) is 0 Å². The largest absolute Gasteiger partial charge is 0.496 e. The molecule has 8 heteroatoms. The molecular formula is C28H24F3NO4. The fourth-order valence-corrected chi connectivity index (χ4v) is 4.60. The molecule has 5 nitrogen and oxygen atoms in total. The standard InChI is InChI=1S/C28H24F3NO4/c1-34-22-12-6-5-11-19(22)24-25(33)20-13-14-23-21(26(20)36-27(24)28(29,30)31)16-32(17-35-23)15-7-10-18-8-3-2-4-9-18/h2-6,8-9,11-14H,7,10,15-17H2,1H3. The van der Waals surface area contributed by atoms with Gasteiger partial charge in [0.2, 0.25) is 11.2 Å². The van der Waals surface area contributed by atoms with Crippen LogP contribution >= 0.6 is 0 Å². The van der Waals surface area contributed by atoms with Gasteiger partial charge in [-0.1, -0.05) is 48.5 Å². The number of aryl methyl sites for hydroxylation is 1. The Morgan fingerprint density at radius 1 is 1.00 bits per heavy atom. The van der Waals surface area contributed by atoms with Crippen molar-refractivity contribution in [2.45, 2.75) is 25.6 Å². The predicted molar refractivity (Wildman–Crippen MR) is 130 cm³/mol. The van der Waals surface area contributed by atoms with E-state index in [0.717, 1.165) is 12.8 Å². The molecular weight excluding hydrogens is 471 g/mol. The Morgan fingerprint density at radius 3 is 2.50 bits per heavy atom. The van der Waals surface area contributed by atoms with Gasteiger partial charge in [-0.25, -0.2) is 0 Å². The molecule has 0 radical (unpaired) electrons. The van der Waals surface area contributed by atoms with Crippen LogP contribution in [0.2, 0.25) is 0 Å². The smallest absolute Gasteiger partial charge is 0.450 e. The Hall–Kier alpha value is -3.78. The fraction of sp³-hybridized carbons (Fsp3) is 0.250. The highest BCUT2D eigenvalue weighted by Crippen LogP contribution is 2.42. The van der Waals surface area contributed by atoms with Gasteiger partial charge in [-0.2, -0.15) is 13.2 Å². The molecule has 0 atom stereocenters. The Labute approximate surface area is 205 Å². The van der Waals surface area contributed by atoms with E-state index in [0.29, 0.717) is 31.1 Å². The van der Waals surface area contributed by atoms with Crippen molar-refractivity contribution in [2.75, 3.05) is 20.4 Å². The van der Waals surface area contributed by atoms with Crippen LogP contribution in [0.1, 0.15) is 23.3 Å². The quantitative estimate of drug-likeness (QED) is 0.316. The van der Waals surface area contributed by atoms with E-state index in [1.807, 2.05) is 23.1 Å². The average Bonchev–Trinajstić information content (AvgIpc) is 2.88. The molecule has 36 heavy (non-hydrogen) atoms. The summed E-state index contributed by atoms with van der Waals surface area (Å²) in [6, 6.07) is 19.2. The highest BCUT2D eigenvalue weighted by atomic mass is 19.4. The minimum atomic E-state index is -4.89. The van der Waals surface area contributed by atoms with Crippen molar-refractivity contribution >= 4 is 11.0 Å². The molecule has 186 valence electrons. The van der Waals surface area contributed by atoms with Crippen molar-refractivity contribution < 1.29 is 27.1 Å². The van der Waals surface area contributed by atoms with Crippen molar-refractivity contribution in [1.29, 1.82) is 0 Å². The van der Waals surface area contributed by atoms with Crippen LogP contribution in [0.4, 0.5) is 13.2 Å². The molecule has 0 unspecified atom stereocenters. The predicted octanol–water partition coefficient (Wildman–Crippen LogP) is 6.27. The summed E-state index contributed by atoms with van der Waals surface area (Å²) in [7, 11) is 1.34. The molecule has 1 aliphatic heterocycles. The van der Waals surface area contributed by atoms with Gasteiger partial charge in [0.15, 0.2) is 0 Å². The summed E-state index contributed by atoms with van der Waals surface area (Å²) in [5.41, 5.74) is 0.246. The SMILES string of the molecule is COc1ccccc1-c1c(C(F)(F)F)oc2c3c(ccc2c1=O)OCN(CCCc1ccccc1)C3. The number of nitrogens with zero attached hydrogens (tertiary/aromatic N) is 1. The number of ether oxygens (including phenoxy) is 2. The number of halogens is 3. The van der Waals surface area contributed by atoms with E-state index < -0.39 is 22.9 Å². The van der Waals surface area contributed by atoms with Gasteiger partial charge in [0, 0.05) is 18.7 Å². The lowest BCUT2D eigenvalue weighted by molar-refractivity contribution is -0.152.